The molecule has 90 valence electrons. The molecule has 0 aliphatic heterocycles. The smallest absolute Gasteiger partial charge is 0.175 e. The number of para-hydroxylation sites is 1. The van der Waals surface area contributed by atoms with Gasteiger partial charge in [-0.15, -0.1) is 11.3 Å². The van der Waals surface area contributed by atoms with Gasteiger partial charge in [0.05, 0.1) is 10.2 Å². The van der Waals surface area contributed by atoms with E-state index in [0.717, 1.165) is 15.0 Å². The van der Waals surface area contributed by atoms with Crippen molar-refractivity contribution >= 4 is 33.3 Å². The molecule has 1 saturated carbocycles. The summed E-state index contributed by atoms with van der Waals surface area (Å²) < 4.78 is 4.59. The van der Waals surface area contributed by atoms with Gasteiger partial charge in [0.25, 0.3) is 0 Å². The number of aromatic nitrogens is 3. The first-order valence-electron chi connectivity index (χ1n) is 5.96. The van der Waals surface area contributed by atoms with Gasteiger partial charge in [-0.25, -0.2) is 9.97 Å². The maximum Gasteiger partial charge on any atom is 0.175 e. The fourth-order valence-corrected chi connectivity index (χ4v) is 4.07. The number of thiazole rings is 1. The van der Waals surface area contributed by atoms with Gasteiger partial charge in [0.2, 0.25) is 0 Å². The lowest BCUT2D eigenvalue weighted by atomic mass is 10.3. The summed E-state index contributed by atoms with van der Waals surface area (Å²) in [5.41, 5.74) is 1.08. The van der Waals surface area contributed by atoms with Crippen LogP contribution in [0.15, 0.2) is 46.2 Å². The van der Waals surface area contributed by atoms with Crippen molar-refractivity contribution < 1.29 is 0 Å². The predicted octanol–water partition coefficient (Wildman–Crippen LogP) is 3.98. The van der Waals surface area contributed by atoms with Gasteiger partial charge >= 0.3 is 0 Å². The molecule has 4 rings (SSSR count). The van der Waals surface area contributed by atoms with E-state index in [1.807, 2.05) is 12.3 Å². The summed E-state index contributed by atoms with van der Waals surface area (Å²) in [6.07, 6.45) is 6.52. The number of nitrogens with zero attached hydrogens (tertiary/aromatic N) is 3. The molecular weight excluding hydrogens is 262 g/mol. The Morgan fingerprint density at radius 2 is 2.17 bits per heavy atom. The van der Waals surface area contributed by atoms with Crippen LogP contribution in [0.4, 0.5) is 0 Å². The summed E-state index contributed by atoms with van der Waals surface area (Å²) in [7, 11) is 0. The number of hydrogen-bond donors (Lipinski definition) is 0. The summed E-state index contributed by atoms with van der Waals surface area (Å²) in [5.74, 6) is 0. The second kappa shape index (κ2) is 4.10. The van der Waals surface area contributed by atoms with Crippen LogP contribution in [0.25, 0.3) is 10.2 Å². The number of hydrogen-bond acceptors (Lipinski definition) is 4. The normalized spacial score (nSPS) is 15.3. The van der Waals surface area contributed by atoms with Crippen LogP contribution in [-0.4, -0.2) is 14.5 Å². The highest BCUT2D eigenvalue weighted by Crippen LogP contribution is 2.40. The van der Waals surface area contributed by atoms with Gasteiger partial charge < -0.3 is 4.57 Å². The fourth-order valence-electron chi connectivity index (χ4n) is 1.98. The standard InChI is InChI=1S/C13H11N3S2/c1-2-4-11-10(3-1)15-13(17-11)18-12-14-7-8-16(12)9-5-6-9/h1-4,7-9H,5-6H2. The summed E-state index contributed by atoms with van der Waals surface area (Å²) in [6, 6.07) is 8.93. The molecular formula is C13H11N3S2. The first kappa shape index (κ1) is 10.6. The van der Waals surface area contributed by atoms with Crippen molar-refractivity contribution in [1.29, 1.82) is 0 Å². The van der Waals surface area contributed by atoms with Crippen molar-refractivity contribution in [1.82, 2.24) is 14.5 Å². The topological polar surface area (TPSA) is 30.7 Å². The van der Waals surface area contributed by atoms with Crippen molar-refractivity contribution in [3.05, 3.63) is 36.7 Å². The van der Waals surface area contributed by atoms with Crippen LogP contribution in [0.1, 0.15) is 18.9 Å². The van der Waals surface area contributed by atoms with Crippen molar-refractivity contribution in [3.63, 3.8) is 0 Å². The van der Waals surface area contributed by atoms with Gasteiger partial charge in [-0.3, -0.25) is 0 Å². The summed E-state index contributed by atoms with van der Waals surface area (Å²) in [6.45, 7) is 0. The highest BCUT2D eigenvalue weighted by Gasteiger charge is 2.26. The second-order valence-electron chi connectivity index (χ2n) is 4.40. The summed E-state index contributed by atoms with van der Waals surface area (Å²) >= 11 is 3.41. The van der Waals surface area contributed by atoms with Crippen LogP contribution in [0.2, 0.25) is 0 Å². The first-order chi connectivity index (χ1) is 8.90. The molecule has 1 fully saturated rings. The van der Waals surface area contributed by atoms with E-state index in [4.69, 9.17) is 0 Å². The third-order valence-electron chi connectivity index (χ3n) is 3.03. The van der Waals surface area contributed by atoms with Gasteiger partial charge in [-0.2, -0.15) is 0 Å². The zero-order valence-corrected chi connectivity index (χ0v) is 11.2. The molecule has 0 atom stereocenters. The third kappa shape index (κ3) is 1.83. The van der Waals surface area contributed by atoms with Gasteiger partial charge in [-0.1, -0.05) is 12.1 Å². The Labute approximate surface area is 113 Å². The Bertz CT molecular complexity index is 664. The zero-order chi connectivity index (χ0) is 11.9. The fraction of sp³-hybridized carbons (Fsp3) is 0.231. The van der Waals surface area contributed by atoms with Gasteiger partial charge in [0.1, 0.15) is 0 Å². The molecule has 1 aliphatic carbocycles. The largest absolute Gasteiger partial charge is 0.323 e. The van der Waals surface area contributed by atoms with Crippen LogP contribution in [0, 0.1) is 0 Å². The van der Waals surface area contributed by atoms with Crippen LogP contribution in [0.5, 0.6) is 0 Å². The average molecular weight is 273 g/mol. The minimum atomic E-state index is 0.671. The quantitative estimate of drug-likeness (QED) is 0.723. The Hall–Kier alpha value is -1.33. The molecule has 0 amide bonds. The molecule has 2 heterocycles. The van der Waals surface area contributed by atoms with Crippen molar-refractivity contribution in [2.75, 3.05) is 0 Å². The molecule has 1 aliphatic rings. The molecule has 5 heteroatoms. The molecule has 0 radical (unpaired) electrons. The van der Waals surface area contributed by atoms with E-state index < -0.39 is 0 Å². The molecule has 0 N–H and O–H groups in total. The Kier molecular flexibility index (Phi) is 2.41. The van der Waals surface area contributed by atoms with E-state index in [0.29, 0.717) is 6.04 Å². The summed E-state index contributed by atoms with van der Waals surface area (Å²) in [5, 5.41) is 1.07. The van der Waals surface area contributed by atoms with E-state index in [1.165, 1.54) is 17.5 Å². The Balaban J connectivity index is 1.68. The molecule has 1 aromatic carbocycles. The molecule has 3 nitrogen and oxygen atoms in total. The Morgan fingerprint density at radius 1 is 1.28 bits per heavy atom. The molecule has 0 spiro atoms. The maximum atomic E-state index is 4.64. The van der Waals surface area contributed by atoms with E-state index in [-0.39, 0.29) is 0 Å². The van der Waals surface area contributed by atoms with Gasteiger partial charge in [0.15, 0.2) is 9.50 Å². The van der Waals surface area contributed by atoms with Crippen LogP contribution in [-0.2, 0) is 0 Å². The van der Waals surface area contributed by atoms with Gasteiger partial charge in [0, 0.05) is 18.4 Å². The third-order valence-corrected chi connectivity index (χ3v) is 5.12. The SMILES string of the molecule is c1ccc2sc(Sc3nccn3C3CC3)nc2c1. The molecule has 0 saturated heterocycles. The highest BCUT2D eigenvalue weighted by atomic mass is 32.2. The van der Waals surface area contributed by atoms with E-state index in [9.17, 15) is 0 Å². The van der Waals surface area contributed by atoms with Crippen molar-refractivity contribution in [2.45, 2.75) is 28.4 Å². The minimum absolute atomic E-state index is 0.671. The monoisotopic (exact) mass is 273 g/mol. The minimum Gasteiger partial charge on any atom is -0.323 e. The number of rotatable bonds is 3. The lowest BCUT2D eigenvalue weighted by Gasteiger charge is -2.02. The number of fused-ring (bicyclic) bond motifs is 1. The molecule has 2 aromatic heterocycles. The lowest BCUT2D eigenvalue weighted by molar-refractivity contribution is 0.663. The molecule has 3 aromatic rings. The van der Waals surface area contributed by atoms with E-state index >= 15 is 0 Å². The highest BCUT2D eigenvalue weighted by molar-refractivity contribution is 8.01. The summed E-state index contributed by atoms with van der Waals surface area (Å²) in [4.78, 5) is 9.07. The molecule has 18 heavy (non-hydrogen) atoms. The van der Waals surface area contributed by atoms with Crippen molar-refractivity contribution in [3.8, 4) is 0 Å². The lowest BCUT2D eigenvalue weighted by Crippen LogP contribution is -1.93. The van der Waals surface area contributed by atoms with Crippen LogP contribution >= 0.6 is 23.1 Å². The predicted molar refractivity (Wildman–Crippen MR) is 74.2 cm³/mol. The number of benzene rings is 1. The van der Waals surface area contributed by atoms with Gasteiger partial charge in [-0.05, 0) is 36.7 Å². The van der Waals surface area contributed by atoms with Crippen LogP contribution in [0.3, 0.4) is 0 Å². The number of imidazole rings is 1. The van der Waals surface area contributed by atoms with E-state index in [2.05, 4.69) is 38.9 Å². The first-order valence-corrected chi connectivity index (χ1v) is 7.60. The van der Waals surface area contributed by atoms with Crippen LogP contribution < -0.4 is 0 Å². The average Bonchev–Trinajstić information content (AvgIpc) is 2.98. The molecule has 0 unspecified atom stereocenters. The zero-order valence-electron chi connectivity index (χ0n) is 9.61. The molecule has 0 bridgehead atoms. The second-order valence-corrected chi connectivity index (χ2v) is 6.64. The van der Waals surface area contributed by atoms with E-state index in [1.54, 1.807) is 23.1 Å². The maximum absolute atomic E-state index is 4.64. The van der Waals surface area contributed by atoms with Crippen molar-refractivity contribution in [2.24, 2.45) is 0 Å². The Morgan fingerprint density at radius 3 is 3.00 bits per heavy atom.